The number of para-hydroxylation sites is 1. The molecule has 1 aliphatic heterocycles. The van der Waals surface area contributed by atoms with Gasteiger partial charge in [-0.05, 0) is 50.1 Å². The SMILES string of the molecule is CC(O/N=C(/N)c1cccc(OCc2cccnc2)c1)C(=O)N1c2ccccc2CC1C. The Labute approximate surface area is 187 Å². The monoisotopic (exact) mass is 430 g/mol. The second kappa shape index (κ2) is 9.51. The van der Waals surface area contributed by atoms with Crippen LogP contribution in [0.2, 0.25) is 0 Å². The number of pyridine rings is 1. The Kier molecular flexibility index (Phi) is 6.35. The molecule has 0 spiro atoms. The van der Waals surface area contributed by atoms with Crippen molar-refractivity contribution in [2.75, 3.05) is 4.90 Å². The number of nitrogens with two attached hydrogens (primary N) is 1. The highest BCUT2D eigenvalue weighted by molar-refractivity contribution is 5.99. The second-order valence-corrected chi connectivity index (χ2v) is 7.79. The van der Waals surface area contributed by atoms with Gasteiger partial charge in [0.25, 0.3) is 5.91 Å². The van der Waals surface area contributed by atoms with Crippen molar-refractivity contribution in [1.82, 2.24) is 4.98 Å². The number of amidine groups is 1. The third-order valence-corrected chi connectivity index (χ3v) is 5.36. The fraction of sp³-hybridized carbons (Fsp3) is 0.240. The van der Waals surface area contributed by atoms with Gasteiger partial charge in [0, 0.05) is 35.2 Å². The maximum absolute atomic E-state index is 13.0. The van der Waals surface area contributed by atoms with Crippen molar-refractivity contribution in [2.45, 2.75) is 39.0 Å². The summed E-state index contributed by atoms with van der Waals surface area (Å²) >= 11 is 0. The number of hydrogen-bond acceptors (Lipinski definition) is 5. The number of hydrogen-bond donors (Lipinski definition) is 1. The molecule has 32 heavy (non-hydrogen) atoms. The number of anilines is 1. The average molecular weight is 431 g/mol. The van der Waals surface area contributed by atoms with E-state index in [1.807, 2.05) is 61.5 Å². The predicted octanol–water partition coefficient (Wildman–Crippen LogP) is 3.66. The van der Waals surface area contributed by atoms with Gasteiger partial charge in [0.05, 0.1) is 0 Å². The van der Waals surface area contributed by atoms with Crippen molar-refractivity contribution < 1.29 is 14.4 Å². The van der Waals surface area contributed by atoms with E-state index >= 15 is 0 Å². The number of oxime groups is 1. The number of amides is 1. The van der Waals surface area contributed by atoms with E-state index in [0.29, 0.717) is 17.9 Å². The molecule has 0 saturated carbocycles. The molecule has 2 N–H and O–H groups in total. The minimum atomic E-state index is -0.771. The fourth-order valence-electron chi connectivity index (χ4n) is 3.73. The van der Waals surface area contributed by atoms with Crippen LogP contribution in [-0.4, -0.2) is 28.9 Å². The highest BCUT2D eigenvalue weighted by atomic mass is 16.6. The number of fused-ring (bicyclic) bond motifs is 1. The molecule has 1 amide bonds. The van der Waals surface area contributed by atoms with Gasteiger partial charge in [-0.2, -0.15) is 0 Å². The van der Waals surface area contributed by atoms with E-state index in [-0.39, 0.29) is 17.8 Å². The van der Waals surface area contributed by atoms with Gasteiger partial charge >= 0.3 is 0 Å². The number of nitrogens with zero attached hydrogens (tertiary/aromatic N) is 3. The summed E-state index contributed by atoms with van der Waals surface area (Å²) in [6.07, 6.45) is 3.53. The smallest absolute Gasteiger partial charge is 0.270 e. The molecule has 2 unspecified atom stereocenters. The Bertz CT molecular complexity index is 1120. The summed E-state index contributed by atoms with van der Waals surface area (Å²) in [6.45, 7) is 4.10. The Morgan fingerprint density at radius 1 is 1.22 bits per heavy atom. The van der Waals surface area contributed by atoms with E-state index in [1.165, 1.54) is 0 Å². The number of rotatable bonds is 7. The summed E-state index contributed by atoms with van der Waals surface area (Å²) in [5, 5.41) is 4.01. The first kappa shape index (κ1) is 21.4. The largest absolute Gasteiger partial charge is 0.489 e. The molecule has 3 aromatic rings. The minimum absolute atomic E-state index is 0.0703. The van der Waals surface area contributed by atoms with Crippen LogP contribution in [0.25, 0.3) is 0 Å². The van der Waals surface area contributed by atoms with Crippen LogP contribution in [0.4, 0.5) is 5.69 Å². The molecular formula is C25H26N4O3. The molecule has 0 aliphatic carbocycles. The minimum Gasteiger partial charge on any atom is -0.489 e. The van der Waals surface area contributed by atoms with Crippen LogP contribution in [0, 0.1) is 0 Å². The Hall–Kier alpha value is -3.87. The van der Waals surface area contributed by atoms with Crippen LogP contribution in [0.15, 0.2) is 78.2 Å². The Balaban J connectivity index is 1.39. The van der Waals surface area contributed by atoms with Crippen molar-refractivity contribution in [1.29, 1.82) is 0 Å². The van der Waals surface area contributed by atoms with Crippen molar-refractivity contribution in [3.63, 3.8) is 0 Å². The third-order valence-electron chi connectivity index (χ3n) is 5.36. The summed E-state index contributed by atoms with van der Waals surface area (Å²) < 4.78 is 5.81. The van der Waals surface area contributed by atoms with Crippen LogP contribution in [0.3, 0.4) is 0 Å². The predicted molar refractivity (Wildman–Crippen MR) is 123 cm³/mol. The Morgan fingerprint density at radius 2 is 2.06 bits per heavy atom. The van der Waals surface area contributed by atoms with Crippen molar-refractivity contribution in [2.24, 2.45) is 10.9 Å². The molecule has 7 nitrogen and oxygen atoms in total. The van der Waals surface area contributed by atoms with E-state index in [0.717, 1.165) is 23.2 Å². The summed E-state index contributed by atoms with van der Waals surface area (Å²) in [4.78, 5) is 24.3. The molecule has 2 heterocycles. The maximum Gasteiger partial charge on any atom is 0.270 e. The van der Waals surface area contributed by atoms with Crippen LogP contribution < -0.4 is 15.4 Å². The standard InChI is InChI=1S/C25H26N4O3/c1-17-13-20-8-3-4-11-23(20)29(17)25(30)18(2)32-28-24(26)21-9-5-10-22(14-21)31-16-19-7-6-12-27-15-19/h3-12,14-15,17-18H,13,16H2,1-2H3,(H2,26,28). The van der Waals surface area contributed by atoms with Crippen molar-refractivity contribution in [3.8, 4) is 5.75 Å². The zero-order valence-corrected chi connectivity index (χ0v) is 18.1. The van der Waals surface area contributed by atoms with Gasteiger partial charge in [-0.25, -0.2) is 0 Å². The lowest BCUT2D eigenvalue weighted by atomic mass is 10.1. The molecule has 1 aliphatic rings. The van der Waals surface area contributed by atoms with Gasteiger partial charge in [0.2, 0.25) is 6.10 Å². The summed E-state index contributed by atoms with van der Waals surface area (Å²) in [5.41, 5.74) is 9.81. The molecule has 1 aromatic heterocycles. The zero-order chi connectivity index (χ0) is 22.5. The van der Waals surface area contributed by atoms with E-state index in [9.17, 15) is 4.79 Å². The topological polar surface area (TPSA) is 90.0 Å². The molecule has 0 fully saturated rings. The molecule has 4 rings (SSSR count). The van der Waals surface area contributed by atoms with Crippen LogP contribution in [0.1, 0.15) is 30.5 Å². The summed E-state index contributed by atoms with van der Waals surface area (Å²) in [5.74, 6) is 0.676. The van der Waals surface area contributed by atoms with Crippen molar-refractivity contribution >= 4 is 17.4 Å². The van der Waals surface area contributed by atoms with Gasteiger partial charge in [0.15, 0.2) is 5.84 Å². The maximum atomic E-state index is 13.0. The highest BCUT2D eigenvalue weighted by Gasteiger charge is 2.34. The van der Waals surface area contributed by atoms with Gasteiger partial charge in [0.1, 0.15) is 12.4 Å². The lowest BCUT2D eigenvalue weighted by Gasteiger charge is -2.25. The lowest BCUT2D eigenvalue weighted by molar-refractivity contribution is -0.129. The fourth-order valence-corrected chi connectivity index (χ4v) is 3.73. The average Bonchev–Trinajstić information content (AvgIpc) is 3.17. The van der Waals surface area contributed by atoms with Gasteiger partial charge < -0.3 is 20.2 Å². The first-order valence-electron chi connectivity index (χ1n) is 10.6. The molecule has 2 atom stereocenters. The van der Waals surface area contributed by atoms with Gasteiger partial charge in [-0.1, -0.05) is 41.6 Å². The Morgan fingerprint density at radius 3 is 2.88 bits per heavy atom. The first-order chi connectivity index (χ1) is 15.5. The third kappa shape index (κ3) is 4.72. The molecule has 0 bridgehead atoms. The normalized spacial score (nSPS) is 16.4. The lowest BCUT2D eigenvalue weighted by Crippen LogP contribution is -2.42. The molecule has 0 radical (unpaired) electrons. The second-order valence-electron chi connectivity index (χ2n) is 7.79. The quantitative estimate of drug-likeness (QED) is 0.351. The number of carbonyl (C=O) groups is 1. The summed E-state index contributed by atoms with van der Waals surface area (Å²) in [6, 6.07) is 19.1. The summed E-state index contributed by atoms with van der Waals surface area (Å²) in [7, 11) is 0. The van der Waals surface area contributed by atoms with E-state index < -0.39 is 6.10 Å². The molecule has 164 valence electrons. The van der Waals surface area contributed by atoms with Gasteiger partial charge in [-0.3, -0.25) is 9.78 Å². The van der Waals surface area contributed by atoms with E-state index in [2.05, 4.69) is 10.1 Å². The van der Waals surface area contributed by atoms with E-state index in [1.54, 1.807) is 30.3 Å². The number of carbonyl (C=O) groups excluding carboxylic acids is 1. The van der Waals surface area contributed by atoms with Crippen LogP contribution in [-0.2, 0) is 22.7 Å². The molecular weight excluding hydrogens is 404 g/mol. The molecule has 7 heteroatoms. The zero-order valence-electron chi connectivity index (χ0n) is 18.1. The number of ether oxygens (including phenoxy) is 1. The van der Waals surface area contributed by atoms with Crippen LogP contribution >= 0.6 is 0 Å². The first-order valence-corrected chi connectivity index (χ1v) is 10.6. The highest BCUT2D eigenvalue weighted by Crippen LogP contribution is 2.32. The van der Waals surface area contributed by atoms with Crippen molar-refractivity contribution in [3.05, 3.63) is 89.7 Å². The van der Waals surface area contributed by atoms with Crippen LogP contribution in [0.5, 0.6) is 5.75 Å². The van der Waals surface area contributed by atoms with E-state index in [4.69, 9.17) is 15.3 Å². The number of benzene rings is 2. The molecule has 0 saturated heterocycles. The van der Waals surface area contributed by atoms with Gasteiger partial charge in [-0.15, -0.1) is 0 Å². The number of aromatic nitrogens is 1. The molecule has 2 aromatic carbocycles.